The van der Waals surface area contributed by atoms with Crippen LogP contribution in [0.25, 0.3) is 0 Å². The molecule has 0 bridgehead atoms. The number of thioether (sulfide) groups is 1. The SMILES string of the molecule is O=C1CCN(CCSC(F)(F)F)C(=O)C2(CCCCC2)N1. The lowest BCUT2D eigenvalue weighted by atomic mass is 9.80. The molecule has 1 aliphatic heterocycles. The molecule has 2 aliphatic rings. The van der Waals surface area contributed by atoms with Crippen molar-refractivity contribution in [2.75, 3.05) is 18.8 Å². The van der Waals surface area contributed by atoms with E-state index in [1.165, 1.54) is 4.90 Å². The van der Waals surface area contributed by atoms with Crippen molar-refractivity contribution in [2.24, 2.45) is 0 Å². The van der Waals surface area contributed by atoms with Crippen LogP contribution < -0.4 is 5.32 Å². The van der Waals surface area contributed by atoms with E-state index in [2.05, 4.69) is 5.32 Å². The van der Waals surface area contributed by atoms with Crippen LogP contribution in [-0.2, 0) is 9.59 Å². The number of hydrogen-bond acceptors (Lipinski definition) is 3. The number of alkyl halides is 3. The zero-order chi connectivity index (χ0) is 15.5. The Hall–Kier alpha value is -0.920. The summed E-state index contributed by atoms with van der Waals surface area (Å²) in [5, 5.41) is 2.82. The zero-order valence-electron chi connectivity index (χ0n) is 11.7. The summed E-state index contributed by atoms with van der Waals surface area (Å²) in [4.78, 5) is 25.9. The predicted molar refractivity (Wildman–Crippen MR) is 73.7 cm³/mol. The highest BCUT2D eigenvalue weighted by atomic mass is 32.2. The van der Waals surface area contributed by atoms with Gasteiger partial charge in [0.2, 0.25) is 11.8 Å². The predicted octanol–water partition coefficient (Wildman–Crippen LogP) is 2.29. The van der Waals surface area contributed by atoms with Crippen LogP contribution in [0.3, 0.4) is 0 Å². The number of nitrogens with one attached hydrogen (secondary N) is 1. The average Bonchev–Trinajstić information content (AvgIpc) is 2.50. The summed E-state index contributed by atoms with van der Waals surface area (Å²) >= 11 is -0.127. The first kappa shape index (κ1) is 16.5. The minimum absolute atomic E-state index is 0.0275. The third-order valence-electron chi connectivity index (χ3n) is 4.02. The van der Waals surface area contributed by atoms with E-state index >= 15 is 0 Å². The van der Waals surface area contributed by atoms with Crippen LogP contribution in [0, 0.1) is 0 Å². The molecular formula is C13H19F3N2O2S. The highest BCUT2D eigenvalue weighted by Gasteiger charge is 2.45. The maximum absolute atomic E-state index is 12.6. The lowest BCUT2D eigenvalue weighted by Crippen LogP contribution is -2.58. The quantitative estimate of drug-likeness (QED) is 0.866. The molecule has 120 valence electrons. The van der Waals surface area contributed by atoms with Crippen LogP contribution in [0.15, 0.2) is 0 Å². The number of nitrogens with zero attached hydrogens (tertiary/aromatic N) is 1. The van der Waals surface area contributed by atoms with Crippen molar-refractivity contribution in [3.8, 4) is 0 Å². The summed E-state index contributed by atoms with van der Waals surface area (Å²) in [5.41, 5.74) is -5.17. The van der Waals surface area contributed by atoms with Gasteiger partial charge in [-0.1, -0.05) is 19.3 Å². The number of carbonyl (C=O) groups excluding carboxylic acids is 2. The smallest absolute Gasteiger partial charge is 0.342 e. The molecule has 1 saturated carbocycles. The van der Waals surface area contributed by atoms with Gasteiger partial charge < -0.3 is 10.2 Å². The highest BCUT2D eigenvalue weighted by molar-refractivity contribution is 8.00. The third kappa shape index (κ3) is 4.28. The first-order valence-corrected chi connectivity index (χ1v) is 8.12. The van der Waals surface area contributed by atoms with Gasteiger partial charge in [-0.15, -0.1) is 0 Å². The Morgan fingerprint density at radius 2 is 1.86 bits per heavy atom. The molecule has 1 N–H and O–H groups in total. The summed E-state index contributed by atoms with van der Waals surface area (Å²) in [7, 11) is 0. The molecule has 1 spiro atoms. The second-order valence-corrected chi connectivity index (χ2v) is 6.69. The summed E-state index contributed by atoms with van der Waals surface area (Å²) in [6.45, 7) is 0.227. The summed E-state index contributed by atoms with van der Waals surface area (Å²) in [5.74, 6) is -0.591. The van der Waals surface area contributed by atoms with Gasteiger partial charge in [-0.2, -0.15) is 13.2 Å². The summed E-state index contributed by atoms with van der Waals surface area (Å²) in [6.07, 6.45) is 4.06. The fourth-order valence-electron chi connectivity index (χ4n) is 3.00. The Balaban J connectivity index is 2.03. The van der Waals surface area contributed by atoms with Crippen molar-refractivity contribution >= 4 is 23.6 Å². The molecule has 0 atom stereocenters. The van der Waals surface area contributed by atoms with Crippen molar-refractivity contribution in [1.29, 1.82) is 0 Å². The monoisotopic (exact) mass is 324 g/mol. The van der Waals surface area contributed by atoms with Gasteiger partial charge in [-0.25, -0.2) is 0 Å². The molecule has 21 heavy (non-hydrogen) atoms. The molecule has 2 fully saturated rings. The largest absolute Gasteiger partial charge is 0.441 e. The van der Waals surface area contributed by atoms with Crippen LogP contribution in [0.1, 0.15) is 38.5 Å². The highest BCUT2D eigenvalue weighted by Crippen LogP contribution is 2.33. The van der Waals surface area contributed by atoms with E-state index in [4.69, 9.17) is 0 Å². The number of carbonyl (C=O) groups is 2. The van der Waals surface area contributed by atoms with Crippen LogP contribution in [0.5, 0.6) is 0 Å². The summed E-state index contributed by atoms with van der Waals surface area (Å²) < 4.78 is 36.6. The standard InChI is InChI=1S/C13H19F3N2O2S/c14-13(15,16)21-9-8-18-7-4-10(19)17-12(11(18)20)5-2-1-3-6-12/h1-9H2,(H,17,19). The van der Waals surface area contributed by atoms with Gasteiger partial charge in [0.1, 0.15) is 5.54 Å². The molecule has 0 aromatic heterocycles. The van der Waals surface area contributed by atoms with E-state index < -0.39 is 11.0 Å². The lowest BCUT2D eigenvalue weighted by molar-refractivity contribution is -0.140. The zero-order valence-corrected chi connectivity index (χ0v) is 12.5. The van der Waals surface area contributed by atoms with Gasteiger partial charge in [-0.05, 0) is 24.6 Å². The maximum Gasteiger partial charge on any atom is 0.441 e. The number of hydrogen-bond donors (Lipinski definition) is 1. The van der Waals surface area contributed by atoms with Gasteiger partial charge in [0, 0.05) is 25.3 Å². The molecule has 1 heterocycles. The Morgan fingerprint density at radius 3 is 2.48 bits per heavy atom. The van der Waals surface area contributed by atoms with Crippen molar-refractivity contribution in [3.63, 3.8) is 0 Å². The molecule has 0 aromatic rings. The van der Waals surface area contributed by atoms with E-state index in [1.54, 1.807) is 0 Å². The molecule has 2 rings (SSSR count). The van der Waals surface area contributed by atoms with Crippen LogP contribution in [0.4, 0.5) is 13.2 Å². The van der Waals surface area contributed by atoms with Crippen LogP contribution in [-0.4, -0.2) is 46.6 Å². The van der Waals surface area contributed by atoms with Gasteiger partial charge in [0.15, 0.2) is 0 Å². The number of amides is 2. The van der Waals surface area contributed by atoms with Crippen molar-refractivity contribution in [3.05, 3.63) is 0 Å². The Bertz CT molecular complexity index is 409. The normalized spacial score (nSPS) is 23.1. The third-order valence-corrected chi connectivity index (χ3v) is 4.73. The van der Waals surface area contributed by atoms with E-state index in [0.29, 0.717) is 12.8 Å². The van der Waals surface area contributed by atoms with Crippen LogP contribution >= 0.6 is 11.8 Å². The van der Waals surface area contributed by atoms with E-state index in [9.17, 15) is 22.8 Å². The van der Waals surface area contributed by atoms with Gasteiger partial charge >= 0.3 is 5.51 Å². The molecule has 4 nitrogen and oxygen atoms in total. The minimum atomic E-state index is -4.29. The van der Waals surface area contributed by atoms with Gasteiger partial charge in [-0.3, -0.25) is 9.59 Å². The minimum Gasteiger partial charge on any atom is -0.342 e. The molecule has 1 saturated heterocycles. The fourth-order valence-corrected chi connectivity index (χ4v) is 3.55. The summed E-state index contributed by atoms with van der Waals surface area (Å²) in [6, 6.07) is 0. The molecule has 1 aliphatic carbocycles. The maximum atomic E-state index is 12.6. The van der Waals surface area contributed by atoms with E-state index in [-0.39, 0.29) is 48.8 Å². The van der Waals surface area contributed by atoms with Crippen molar-refractivity contribution < 1.29 is 22.8 Å². The van der Waals surface area contributed by atoms with Crippen molar-refractivity contribution in [1.82, 2.24) is 10.2 Å². The fraction of sp³-hybridized carbons (Fsp3) is 0.846. The Morgan fingerprint density at radius 1 is 1.19 bits per heavy atom. The molecule has 2 amide bonds. The first-order chi connectivity index (χ1) is 9.82. The molecular weight excluding hydrogens is 305 g/mol. The molecule has 0 aromatic carbocycles. The molecule has 8 heteroatoms. The second-order valence-electron chi connectivity index (χ2n) is 5.53. The Labute approximate surface area is 125 Å². The van der Waals surface area contributed by atoms with E-state index in [1.807, 2.05) is 0 Å². The Kier molecular flexibility index (Phi) is 5.06. The lowest BCUT2D eigenvalue weighted by Gasteiger charge is -2.38. The number of halogens is 3. The van der Waals surface area contributed by atoms with E-state index in [0.717, 1.165) is 19.3 Å². The van der Waals surface area contributed by atoms with Crippen molar-refractivity contribution in [2.45, 2.75) is 49.6 Å². The molecule has 0 unspecified atom stereocenters. The topological polar surface area (TPSA) is 49.4 Å². The van der Waals surface area contributed by atoms with Gasteiger partial charge in [0.05, 0.1) is 0 Å². The number of rotatable bonds is 3. The van der Waals surface area contributed by atoms with Gasteiger partial charge in [0.25, 0.3) is 0 Å². The average molecular weight is 324 g/mol. The first-order valence-electron chi connectivity index (χ1n) is 7.13. The molecule has 0 radical (unpaired) electrons. The van der Waals surface area contributed by atoms with Crippen LogP contribution in [0.2, 0.25) is 0 Å². The second kappa shape index (κ2) is 6.46.